The molecule has 1 spiro atoms. The van der Waals surface area contributed by atoms with Gasteiger partial charge in [-0.15, -0.1) is 0 Å². The minimum Gasteiger partial charge on any atom is -0.306 e. The van der Waals surface area contributed by atoms with Crippen LogP contribution in [0.25, 0.3) is 0 Å². The van der Waals surface area contributed by atoms with Gasteiger partial charge >= 0.3 is 0 Å². The van der Waals surface area contributed by atoms with Gasteiger partial charge in [-0.05, 0) is 77.2 Å². The smallest absolute Gasteiger partial charge is 0.00952 e. The normalized spacial score (nSPS) is 29.5. The summed E-state index contributed by atoms with van der Waals surface area (Å²) in [5.74, 6) is 0. The fourth-order valence-electron chi connectivity index (χ4n) is 3.71. The maximum atomic E-state index is 2.78. The third-order valence-electron chi connectivity index (χ3n) is 5.50. The molecular weight excluding hydrogens is 220 g/mol. The van der Waals surface area contributed by atoms with Crippen molar-refractivity contribution < 1.29 is 0 Å². The van der Waals surface area contributed by atoms with Gasteiger partial charge < -0.3 is 9.80 Å². The minimum atomic E-state index is 0.743. The molecule has 1 aliphatic carbocycles. The van der Waals surface area contributed by atoms with Crippen LogP contribution in [0.5, 0.6) is 0 Å². The van der Waals surface area contributed by atoms with Gasteiger partial charge in [-0.25, -0.2) is 0 Å². The molecule has 0 N–H and O–H groups in total. The molecule has 2 nitrogen and oxygen atoms in total. The van der Waals surface area contributed by atoms with E-state index in [1.807, 2.05) is 13.8 Å². The van der Waals surface area contributed by atoms with Gasteiger partial charge in [0.15, 0.2) is 0 Å². The second kappa shape index (κ2) is 6.38. The molecule has 1 saturated carbocycles. The summed E-state index contributed by atoms with van der Waals surface area (Å²) in [6.07, 6.45) is 10.3. The zero-order valence-corrected chi connectivity index (χ0v) is 12.7. The zero-order chi connectivity index (χ0) is 13.0. The standard InChI is InChI=1S/C14H26N2.C2H6/c1-15-9-5-14(6-10-15)7-11-16(12-8-14)13-3-2-4-13;1-2/h13H,2-12H2,1H3;1-2H3. The van der Waals surface area contributed by atoms with Crippen LogP contribution < -0.4 is 0 Å². The summed E-state index contributed by atoms with van der Waals surface area (Å²) in [5.41, 5.74) is 0.743. The highest BCUT2D eigenvalue weighted by molar-refractivity contribution is 4.92. The Labute approximate surface area is 114 Å². The van der Waals surface area contributed by atoms with E-state index < -0.39 is 0 Å². The van der Waals surface area contributed by atoms with Gasteiger partial charge in [-0.2, -0.15) is 0 Å². The average Bonchev–Trinajstić information content (AvgIpc) is 2.37. The molecule has 3 rings (SSSR count). The van der Waals surface area contributed by atoms with Crippen molar-refractivity contribution in [2.45, 2.75) is 64.8 Å². The lowest BCUT2D eigenvalue weighted by molar-refractivity contribution is 0.00979. The highest BCUT2D eigenvalue weighted by Crippen LogP contribution is 2.42. The van der Waals surface area contributed by atoms with E-state index in [-0.39, 0.29) is 0 Å². The Morgan fingerprint density at radius 3 is 1.78 bits per heavy atom. The Balaban J connectivity index is 0.000000574. The Bertz CT molecular complexity index is 229. The van der Waals surface area contributed by atoms with Crippen LogP contribution in [0.4, 0.5) is 0 Å². The van der Waals surface area contributed by atoms with Gasteiger partial charge in [-0.1, -0.05) is 20.3 Å². The van der Waals surface area contributed by atoms with Crippen LogP contribution in [0.15, 0.2) is 0 Å². The van der Waals surface area contributed by atoms with Crippen molar-refractivity contribution in [1.82, 2.24) is 9.80 Å². The monoisotopic (exact) mass is 252 g/mol. The van der Waals surface area contributed by atoms with E-state index in [2.05, 4.69) is 16.8 Å². The van der Waals surface area contributed by atoms with Crippen LogP contribution in [-0.4, -0.2) is 49.1 Å². The Kier molecular flexibility index (Phi) is 5.08. The average molecular weight is 252 g/mol. The summed E-state index contributed by atoms with van der Waals surface area (Å²) in [4.78, 5) is 5.29. The van der Waals surface area contributed by atoms with Crippen LogP contribution in [0, 0.1) is 5.41 Å². The maximum Gasteiger partial charge on any atom is 0.00952 e. The molecule has 0 aromatic heterocycles. The maximum absolute atomic E-state index is 2.78. The molecule has 0 unspecified atom stereocenters. The fraction of sp³-hybridized carbons (Fsp3) is 1.00. The van der Waals surface area contributed by atoms with E-state index in [1.54, 1.807) is 0 Å². The molecule has 0 atom stereocenters. The number of likely N-dealkylation sites (tertiary alicyclic amines) is 2. The summed E-state index contributed by atoms with van der Waals surface area (Å²) in [7, 11) is 2.27. The molecule has 0 bridgehead atoms. The molecule has 2 heterocycles. The second-order valence-electron chi connectivity index (χ2n) is 6.42. The van der Waals surface area contributed by atoms with E-state index in [0.29, 0.717) is 0 Å². The minimum absolute atomic E-state index is 0.743. The molecule has 2 saturated heterocycles. The van der Waals surface area contributed by atoms with Gasteiger partial charge in [0.1, 0.15) is 0 Å². The van der Waals surface area contributed by atoms with Crippen molar-refractivity contribution in [3.63, 3.8) is 0 Å². The van der Waals surface area contributed by atoms with Crippen molar-refractivity contribution >= 4 is 0 Å². The number of rotatable bonds is 1. The van der Waals surface area contributed by atoms with Crippen molar-refractivity contribution in [2.75, 3.05) is 33.2 Å². The molecule has 2 aliphatic heterocycles. The van der Waals surface area contributed by atoms with Crippen molar-refractivity contribution in [1.29, 1.82) is 0 Å². The van der Waals surface area contributed by atoms with Gasteiger partial charge in [0.25, 0.3) is 0 Å². The molecule has 2 heteroatoms. The molecule has 0 radical (unpaired) electrons. The lowest BCUT2D eigenvalue weighted by atomic mass is 9.70. The quantitative estimate of drug-likeness (QED) is 0.706. The summed E-state index contributed by atoms with van der Waals surface area (Å²) < 4.78 is 0. The summed E-state index contributed by atoms with van der Waals surface area (Å²) in [6.45, 7) is 9.47. The van der Waals surface area contributed by atoms with E-state index in [0.717, 1.165) is 11.5 Å². The van der Waals surface area contributed by atoms with Gasteiger partial charge in [0.05, 0.1) is 0 Å². The SMILES string of the molecule is CC.CN1CCC2(CC1)CCN(C1CCC1)CC2. The topological polar surface area (TPSA) is 6.48 Å². The number of nitrogens with zero attached hydrogens (tertiary/aromatic N) is 2. The fourth-order valence-corrected chi connectivity index (χ4v) is 3.71. The van der Waals surface area contributed by atoms with Crippen LogP contribution in [-0.2, 0) is 0 Å². The first-order valence-electron chi connectivity index (χ1n) is 8.20. The Hall–Kier alpha value is -0.0800. The van der Waals surface area contributed by atoms with Gasteiger partial charge in [0, 0.05) is 6.04 Å². The predicted molar refractivity (Wildman–Crippen MR) is 79.0 cm³/mol. The van der Waals surface area contributed by atoms with E-state index >= 15 is 0 Å². The van der Waals surface area contributed by atoms with Crippen LogP contribution in [0.2, 0.25) is 0 Å². The molecule has 0 aromatic carbocycles. The molecule has 0 aromatic rings. The van der Waals surface area contributed by atoms with Crippen LogP contribution in [0.1, 0.15) is 58.8 Å². The molecule has 18 heavy (non-hydrogen) atoms. The first-order valence-corrected chi connectivity index (χ1v) is 8.20. The number of hydrogen-bond donors (Lipinski definition) is 0. The van der Waals surface area contributed by atoms with Crippen molar-refractivity contribution in [3.05, 3.63) is 0 Å². The molecule has 3 fully saturated rings. The lowest BCUT2D eigenvalue weighted by Crippen LogP contribution is -2.50. The molecule has 0 amide bonds. The zero-order valence-electron chi connectivity index (χ0n) is 12.7. The van der Waals surface area contributed by atoms with E-state index in [1.165, 1.54) is 71.1 Å². The first kappa shape index (κ1) is 14.3. The van der Waals surface area contributed by atoms with E-state index in [4.69, 9.17) is 0 Å². The summed E-state index contributed by atoms with van der Waals surface area (Å²) >= 11 is 0. The third kappa shape index (κ3) is 3.08. The highest BCUT2D eigenvalue weighted by atomic mass is 15.2. The number of piperidine rings is 2. The first-order chi connectivity index (χ1) is 8.77. The Morgan fingerprint density at radius 2 is 1.33 bits per heavy atom. The predicted octanol–water partition coefficient (Wildman–Crippen LogP) is 3.37. The van der Waals surface area contributed by atoms with Gasteiger partial charge in [-0.3, -0.25) is 0 Å². The van der Waals surface area contributed by atoms with Crippen molar-refractivity contribution in [3.8, 4) is 0 Å². The largest absolute Gasteiger partial charge is 0.306 e. The third-order valence-corrected chi connectivity index (χ3v) is 5.50. The Morgan fingerprint density at radius 1 is 0.833 bits per heavy atom. The highest BCUT2D eigenvalue weighted by Gasteiger charge is 2.38. The van der Waals surface area contributed by atoms with Crippen molar-refractivity contribution in [2.24, 2.45) is 5.41 Å². The van der Waals surface area contributed by atoms with E-state index in [9.17, 15) is 0 Å². The van der Waals surface area contributed by atoms with Crippen LogP contribution >= 0.6 is 0 Å². The summed E-state index contributed by atoms with van der Waals surface area (Å²) in [5, 5.41) is 0. The van der Waals surface area contributed by atoms with Crippen LogP contribution in [0.3, 0.4) is 0 Å². The lowest BCUT2D eigenvalue weighted by Gasteiger charge is -2.49. The molecule has 106 valence electrons. The number of hydrogen-bond acceptors (Lipinski definition) is 2. The summed E-state index contributed by atoms with van der Waals surface area (Å²) in [6, 6.07) is 0.976. The second-order valence-corrected chi connectivity index (χ2v) is 6.42. The molecular formula is C16H32N2. The molecule has 3 aliphatic rings. The van der Waals surface area contributed by atoms with Gasteiger partial charge in [0.2, 0.25) is 0 Å².